The number of hydrogen-bond donors (Lipinski definition) is 6. The lowest BCUT2D eigenvalue weighted by atomic mass is 10.1. The number of aryl methyl sites for hydroxylation is 1. The topological polar surface area (TPSA) is 187 Å². The summed E-state index contributed by atoms with van der Waals surface area (Å²) in [4.78, 5) is 50.0. The van der Waals surface area contributed by atoms with Crippen LogP contribution in [0.5, 0.6) is 0 Å². The summed E-state index contributed by atoms with van der Waals surface area (Å²) in [5, 5.41) is 29.6. The molecule has 5 aromatic rings. The third-order valence-electron chi connectivity index (χ3n) is 8.95. The Hall–Kier alpha value is -5.71. The van der Waals surface area contributed by atoms with Gasteiger partial charge in [-0.1, -0.05) is 76.2 Å². The number of aliphatic hydroxyl groups excluding tert-OH is 1. The molecule has 2 amide bonds. The molecule has 0 aliphatic rings. The van der Waals surface area contributed by atoms with Crippen LogP contribution in [0.3, 0.4) is 0 Å². The minimum Gasteiger partial charge on any atom is -0.510 e. The van der Waals surface area contributed by atoms with Crippen LogP contribution in [-0.2, 0) is 32.5 Å². The fourth-order valence-corrected chi connectivity index (χ4v) is 6.24. The van der Waals surface area contributed by atoms with E-state index >= 15 is 0 Å². The van der Waals surface area contributed by atoms with E-state index in [0.717, 1.165) is 16.8 Å². The third kappa shape index (κ3) is 12.7. The highest BCUT2D eigenvalue weighted by molar-refractivity contribution is 6.38. The molecule has 0 unspecified atom stereocenters. The summed E-state index contributed by atoms with van der Waals surface area (Å²) in [6.07, 6.45) is 0. The number of carbonyl (C=O) groups excluding carboxylic acids is 3. The number of anilines is 4. The molecular formula is C43H39Cl5N8O6. The van der Waals surface area contributed by atoms with Gasteiger partial charge in [-0.05, 0) is 122 Å². The van der Waals surface area contributed by atoms with Crippen molar-refractivity contribution < 1.29 is 29.2 Å². The van der Waals surface area contributed by atoms with Crippen molar-refractivity contribution in [3.63, 3.8) is 0 Å². The van der Waals surface area contributed by atoms with Gasteiger partial charge in [0.05, 0.1) is 38.7 Å². The van der Waals surface area contributed by atoms with Crippen LogP contribution in [-0.4, -0.2) is 28.5 Å². The molecule has 0 saturated carbocycles. The van der Waals surface area contributed by atoms with Crippen molar-refractivity contribution in [2.75, 3.05) is 21.5 Å². The van der Waals surface area contributed by atoms with Gasteiger partial charge in [0.25, 0.3) is 11.8 Å². The van der Waals surface area contributed by atoms with Crippen LogP contribution < -0.4 is 27.0 Å². The summed E-state index contributed by atoms with van der Waals surface area (Å²) in [5.41, 5.74) is 13.5. The molecule has 14 nitrogen and oxygen atoms in total. The number of Topliss-reactive ketones (excluding diaryl/α,β-unsaturated/α-hetero) is 1. The first-order chi connectivity index (χ1) is 29.5. The van der Waals surface area contributed by atoms with E-state index in [4.69, 9.17) is 67.7 Å². The maximum Gasteiger partial charge on any atom is 0.279 e. The van der Waals surface area contributed by atoms with Gasteiger partial charge in [-0.3, -0.25) is 35.0 Å². The van der Waals surface area contributed by atoms with Gasteiger partial charge in [-0.2, -0.15) is 5.10 Å². The number of azo groups is 1. The quantitative estimate of drug-likeness (QED) is 0.0140. The predicted molar refractivity (Wildman–Crippen MR) is 246 cm³/mol. The van der Waals surface area contributed by atoms with Gasteiger partial charge in [0, 0.05) is 28.2 Å². The van der Waals surface area contributed by atoms with Crippen molar-refractivity contribution in [3.8, 4) is 0 Å². The van der Waals surface area contributed by atoms with E-state index in [1.807, 2.05) is 19.1 Å². The Morgan fingerprint density at radius 1 is 0.677 bits per heavy atom. The second-order valence-electron chi connectivity index (χ2n) is 13.5. The van der Waals surface area contributed by atoms with Crippen LogP contribution in [0, 0.1) is 20.8 Å². The first-order valence-electron chi connectivity index (χ1n) is 18.4. The van der Waals surface area contributed by atoms with E-state index in [0.29, 0.717) is 43.1 Å². The molecule has 0 saturated heterocycles. The number of carbonyl (C=O) groups is 3. The van der Waals surface area contributed by atoms with Gasteiger partial charge in [0.15, 0.2) is 11.5 Å². The number of ketones is 1. The number of amidine groups is 1. The number of nitrogens with one attached hydrogen (secondary N) is 5. The van der Waals surface area contributed by atoms with Gasteiger partial charge >= 0.3 is 0 Å². The lowest BCUT2D eigenvalue weighted by Gasteiger charge is -2.14. The molecule has 62 heavy (non-hydrogen) atoms. The van der Waals surface area contributed by atoms with E-state index < -0.39 is 29.1 Å². The smallest absolute Gasteiger partial charge is 0.279 e. The second kappa shape index (κ2) is 21.9. The number of rotatable bonds is 16. The molecule has 6 N–H and O–H groups in total. The fraction of sp³-hybridized carbons (Fsp3) is 0.163. The van der Waals surface area contributed by atoms with Crippen molar-refractivity contribution in [2.45, 2.75) is 47.8 Å². The minimum absolute atomic E-state index is 0.0621. The number of hydroxylamine groups is 1. The summed E-state index contributed by atoms with van der Waals surface area (Å²) < 4.78 is 0. The number of amides is 2. The number of allylic oxidation sites excluding steroid dienone is 1. The molecule has 0 aromatic heterocycles. The minimum atomic E-state index is -0.834. The largest absolute Gasteiger partial charge is 0.510 e. The molecule has 0 spiro atoms. The SMILES string of the molecule is CC(=O)/C(=N\Nc1cc(CONc2cccc(Cl)c2C)ccc1Cl)NOCc1cc(Cl)c(NC(=O)/C(N=Nc2cc(C(=O)Nc3cccc(Cl)c3C)ccc2Cl)=C(\C)O)cc1C. The maximum absolute atomic E-state index is 13.3. The Kier molecular flexibility index (Phi) is 16.7. The molecule has 0 heterocycles. The van der Waals surface area contributed by atoms with Crippen LogP contribution >= 0.6 is 58.0 Å². The van der Waals surface area contributed by atoms with Gasteiger partial charge in [0.2, 0.25) is 5.84 Å². The summed E-state index contributed by atoms with van der Waals surface area (Å²) in [5.74, 6) is -2.33. The van der Waals surface area contributed by atoms with E-state index in [1.54, 1.807) is 68.4 Å². The molecule has 0 radical (unpaired) electrons. The third-order valence-corrected chi connectivity index (χ3v) is 10.7. The molecule has 19 heteroatoms. The zero-order valence-corrected chi connectivity index (χ0v) is 37.5. The Morgan fingerprint density at radius 3 is 2.05 bits per heavy atom. The van der Waals surface area contributed by atoms with Crippen molar-refractivity contribution in [1.82, 2.24) is 5.48 Å². The standard InChI is InChI=1S/C43H39Cl5N8O6/c1-22-16-37(50-43(60)40(25(4)57)53-51-39-19-28(13-15-33(39)47)42(59)49-35-10-6-8-30(44)23(35)2)34(48)18-29(22)21-62-56-41(26(5)58)54-52-38-17-27(12-14-32(38)46)20-61-55-36-11-7-9-31(45)24(36)3/h6-19,52,55,57H,20-21H2,1-5H3,(H,49,59)(H,50,60)(H,54,56)/b40-25-,53-51?. The van der Waals surface area contributed by atoms with E-state index in [2.05, 4.69) is 42.3 Å². The first-order valence-corrected chi connectivity index (χ1v) is 20.3. The van der Waals surface area contributed by atoms with Gasteiger partial charge in [-0.25, -0.2) is 5.48 Å². The number of benzene rings is 5. The van der Waals surface area contributed by atoms with Crippen molar-refractivity contribution in [3.05, 3.63) is 155 Å². The van der Waals surface area contributed by atoms with Crippen LogP contribution in [0.2, 0.25) is 25.1 Å². The summed E-state index contributed by atoms with van der Waals surface area (Å²) in [7, 11) is 0. The van der Waals surface area contributed by atoms with E-state index in [1.165, 1.54) is 32.0 Å². The van der Waals surface area contributed by atoms with Crippen molar-refractivity contribution in [2.24, 2.45) is 15.3 Å². The average Bonchev–Trinajstić information content (AvgIpc) is 3.22. The predicted octanol–water partition coefficient (Wildman–Crippen LogP) is 12.2. The number of halogens is 5. The zero-order valence-electron chi connectivity index (χ0n) is 33.7. The van der Waals surface area contributed by atoms with Crippen LogP contribution in [0.4, 0.5) is 28.4 Å². The Bertz CT molecular complexity index is 2620. The second-order valence-corrected chi connectivity index (χ2v) is 15.6. The Labute approximate surface area is 382 Å². The van der Waals surface area contributed by atoms with E-state index in [9.17, 15) is 19.5 Å². The average molecular weight is 941 g/mol. The monoisotopic (exact) mass is 938 g/mol. The van der Waals surface area contributed by atoms with Crippen molar-refractivity contribution in [1.29, 1.82) is 0 Å². The molecule has 0 aliphatic heterocycles. The first kappa shape index (κ1) is 47.3. The molecule has 5 aromatic carbocycles. The Morgan fingerprint density at radius 2 is 1.35 bits per heavy atom. The zero-order chi connectivity index (χ0) is 45.1. The highest BCUT2D eigenvalue weighted by Gasteiger charge is 2.18. The van der Waals surface area contributed by atoms with Gasteiger partial charge in [-0.15, -0.1) is 10.2 Å². The van der Waals surface area contributed by atoms with Gasteiger partial charge in [0.1, 0.15) is 18.1 Å². The number of hydrogen-bond acceptors (Lipinski definition) is 11. The summed E-state index contributed by atoms with van der Waals surface area (Å²) in [6.45, 7) is 8.07. The normalized spacial score (nSPS) is 11.9. The van der Waals surface area contributed by atoms with Crippen LogP contribution in [0.1, 0.15) is 52.0 Å². The molecule has 0 aliphatic carbocycles. The summed E-state index contributed by atoms with van der Waals surface area (Å²) in [6, 6.07) is 23.2. The lowest BCUT2D eigenvalue weighted by molar-refractivity contribution is -0.113. The molecule has 0 fully saturated rings. The highest BCUT2D eigenvalue weighted by atomic mass is 35.5. The fourth-order valence-electron chi connectivity index (χ4n) is 5.34. The summed E-state index contributed by atoms with van der Waals surface area (Å²) >= 11 is 31.6. The molecule has 5 rings (SSSR count). The number of aliphatic hydroxyl groups is 1. The van der Waals surface area contributed by atoms with E-state index in [-0.39, 0.29) is 46.0 Å². The Balaban J connectivity index is 1.19. The molecule has 0 bridgehead atoms. The number of hydrazone groups is 1. The lowest BCUT2D eigenvalue weighted by Crippen LogP contribution is -2.30. The van der Waals surface area contributed by atoms with Crippen molar-refractivity contribution >= 4 is 110 Å². The molecular weight excluding hydrogens is 902 g/mol. The highest BCUT2D eigenvalue weighted by Crippen LogP contribution is 2.31. The molecule has 322 valence electrons. The molecule has 0 atom stereocenters. The van der Waals surface area contributed by atoms with Crippen LogP contribution in [0.25, 0.3) is 0 Å². The van der Waals surface area contributed by atoms with Gasteiger partial charge < -0.3 is 15.7 Å². The number of nitrogens with zero attached hydrogens (tertiary/aromatic N) is 3. The maximum atomic E-state index is 13.3. The van der Waals surface area contributed by atoms with Crippen LogP contribution in [0.15, 0.2) is 112 Å².